The Labute approximate surface area is 185 Å². The van der Waals surface area contributed by atoms with E-state index in [1.807, 2.05) is 13.0 Å². The number of aromatic carboxylic acids is 1. The van der Waals surface area contributed by atoms with Crippen LogP contribution in [0.15, 0.2) is 36.4 Å². The molecule has 1 amide bonds. The number of amides is 1. The van der Waals surface area contributed by atoms with Crippen LogP contribution in [0.4, 0.5) is 5.69 Å². The summed E-state index contributed by atoms with van der Waals surface area (Å²) in [6.45, 7) is 5.97. The van der Waals surface area contributed by atoms with Crippen LogP contribution in [0.2, 0.25) is 0 Å². The molecular formula is C24H26NO7-. The molecule has 32 heavy (non-hydrogen) atoms. The number of aromatic hydroxyl groups is 1. The van der Waals surface area contributed by atoms with Gasteiger partial charge in [-0.05, 0) is 55.7 Å². The number of allylic oxidation sites excluding steroid dienone is 2. The van der Waals surface area contributed by atoms with Crippen molar-refractivity contribution in [3.05, 3.63) is 42.0 Å². The predicted molar refractivity (Wildman–Crippen MR) is 113 cm³/mol. The smallest absolute Gasteiger partial charge is 0.335 e. The summed E-state index contributed by atoms with van der Waals surface area (Å²) in [6.07, 6.45) is 4.79. The van der Waals surface area contributed by atoms with Crippen LogP contribution >= 0.6 is 0 Å². The number of hydrogen-bond donors (Lipinski definition) is 4. The molecule has 0 saturated heterocycles. The molecule has 5 rings (SSSR count). The molecule has 4 aliphatic rings. The minimum absolute atomic E-state index is 0.105. The third-order valence-electron chi connectivity index (χ3n) is 7.79. The fourth-order valence-electron chi connectivity index (χ4n) is 5.90. The molecule has 3 saturated carbocycles. The van der Waals surface area contributed by atoms with Crippen LogP contribution in [-0.4, -0.2) is 39.1 Å². The second-order valence-corrected chi connectivity index (χ2v) is 9.49. The first-order chi connectivity index (χ1) is 15.0. The van der Waals surface area contributed by atoms with Gasteiger partial charge in [0, 0.05) is 17.3 Å². The molecule has 4 aliphatic carbocycles. The number of hydrogen-bond acceptors (Lipinski definition) is 6. The third-order valence-corrected chi connectivity index (χ3v) is 7.79. The Morgan fingerprint density at radius 1 is 1.31 bits per heavy atom. The van der Waals surface area contributed by atoms with Crippen LogP contribution in [0.25, 0.3) is 0 Å². The maximum absolute atomic E-state index is 13.0. The number of aliphatic hydroxyl groups excluding tert-OH is 1. The van der Waals surface area contributed by atoms with Crippen molar-refractivity contribution in [3.63, 3.8) is 0 Å². The average molecular weight is 440 g/mol. The number of carbonyl (C=O) groups excluding carboxylic acids is 2. The van der Waals surface area contributed by atoms with Gasteiger partial charge in [-0.15, -0.1) is 0 Å². The Kier molecular flexibility index (Phi) is 5.16. The standard InChI is InChI=1S/C24H27NO7/c1-12-11-24-8-5-17(27)23(2,16(24)9-13(12)10-18(24)28)7-6-19(29)25-20-15(26)4-3-14(21(20)30)22(31)32/h3-5,8,13,16,18,26,28,30H,1,6-7,9-11H2,2H3,(H,25,29)(H,31,32)/p-1/t13-,16+,18-,23+,24+/m1/s1. The molecule has 8 nitrogen and oxygen atoms in total. The molecule has 0 heterocycles. The van der Waals surface area contributed by atoms with Gasteiger partial charge in [0.15, 0.2) is 5.78 Å². The SMILES string of the molecule is C=C1C[C@@]23C=CC(=O)[C@@](C)(CCC(=O)Nc4c(O)ccc(C(=O)O)c4[O-])[C@@H]2C[C@@H]1C[C@H]3O. The summed E-state index contributed by atoms with van der Waals surface area (Å²) < 4.78 is 0. The van der Waals surface area contributed by atoms with Gasteiger partial charge in [-0.2, -0.15) is 0 Å². The minimum Gasteiger partial charge on any atom is -0.870 e. The Hall–Kier alpha value is -3.13. The van der Waals surface area contributed by atoms with Crippen LogP contribution in [0.3, 0.4) is 0 Å². The maximum Gasteiger partial charge on any atom is 0.335 e. The molecule has 2 bridgehead atoms. The van der Waals surface area contributed by atoms with Crippen LogP contribution in [0, 0.1) is 22.7 Å². The molecule has 8 heteroatoms. The molecule has 1 aromatic rings. The second kappa shape index (κ2) is 7.48. The van der Waals surface area contributed by atoms with Crippen molar-refractivity contribution in [1.82, 2.24) is 0 Å². The van der Waals surface area contributed by atoms with Crippen molar-refractivity contribution in [1.29, 1.82) is 0 Å². The third kappa shape index (κ3) is 3.21. The first kappa shape index (κ1) is 22.1. The number of fused-ring (bicyclic) bond motifs is 2. The van der Waals surface area contributed by atoms with E-state index in [2.05, 4.69) is 11.9 Å². The molecule has 170 valence electrons. The van der Waals surface area contributed by atoms with E-state index in [9.17, 15) is 29.7 Å². The summed E-state index contributed by atoms with van der Waals surface area (Å²) in [4.78, 5) is 36.7. The van der Waals surface area contributed by atoms with Gasteiger partial charge in [-0.1, -0.05) is 30.9 Å². The highest BCUT2D eigenvalue weighted by Crippen LogP contribution is 2.64. The Bertz CT molecular complexity index is 1060. The van der Waals surface area contributed by atoms with Gasteiger partial charge in [0.25, 0.3) is 0 Å². The molecule has 0 unspecified atom stereocenters. The number of carboxylic acid groups (broad SMARTS) is 1. The van der Waals surface area contributed by atoms with Crippen LogP contribution in [0.1, 0.15) is 49.4 Å². The number of carbonyl (C=O) groups is 3. The quantitative estimate of drug-likeness (QED) is 0.406. The highest BCUT2D eigenvalue weighted by atomic mass is 16.4. The topological polar surface area (TPSA) is 147 Å². The summed E-state index contributed by atoms with van der Waals surface area (Å²) in [5.74, 6) is -3.69. The molecule has 4 N–H and O–H groups in total. The van der Waals surface area contributed by atoms with Gasteiger partial charge < -0.3 is 25.7 Å². The van der Waals surface area contributed by atoms with Crippen molar-refractivity contribution in [2.24, 2.45) is 22.7 Å². The molecule has 0 aromatic heterocycles. The van der Waals surface area contributed by atoms with Crippen LogP contribution < -0.4 is 10.4 Å². The van der Waals surface area contributed by atoms with E-state index < -0.39 is 51.6 Å². The van der Waals surface area contributed by atoms with E-state index >= 15 is 0 Å². The number of ketones is 1. The summed E-state index contributed by atoms with van der Waals surface area (Å²) >= 11 is 0. The Balaban J connectivity index is 1.54. The summed E-state index contributed by atoms with van der Waals surface area (Å²) in [7, 11) is 0. The average Bonchev–Trinajstić information content (AvgIpc) is 2.73. The molecule has 1 spiro atoms. The van der Waals surface area contributed by atoms with Crippen molar-refractivity contribution in [2.45, 2.75) is 45.1 Å². The van der Waals surface area contributed by atoms with Gasteiger partial charge in [0.1, 0.15) is 5.75 Å². The van der Waals surface area contributed by atoms with E-state index in [1.165, 1.54) is 6.08 Å². The minimum atomic E-state index is -1.46. The Morgan fingerprint density at radius 2 is 2.03 bits per heavy atom. The number of carboxylic acids is 1. The lowest BCUT2D eigenvalue weighted by molar-refractivity contribution is -0.267. The fourth-order valence-corrected chi connectivity index (χ4v) is 5.90. The number of phenols is 1. The molecule has 0 aliphatic heterocycles. The number of rotatable bonds is 5. The van der Waals surface area contributed by atoms with Crippen molar-refractivity contribution in [3.8, 4) is 11.5 Å². The van der Waals surface area contributed by atoms with Crippen molar-refractivity contribution < 1.29 is 34.8 Å². The molecule has 5 atom stereocenters. The van der Waals surface area contributed by atoms with Crippen molar-refractivity contribution in [2.75, 3.05) is 5.32 Å². The number of anilines is 1. The van der Waals surface area contributed by atoms with Gasteiger partial charge in [-0.3, -0.25) is 9.59 Å². The van der Waals surface area contributed by atoms with Gasteiger partial charge in [0.05, 0.1) is 17.4 Å². The first-order valence-electron chi connectivity index (χ1n) is 10.6. The van der Waals surface area contributed by atoms with Crippen LogP contribution in [0.5, 0.6) is 11.5 Å². The second-order valence-electron chi connectivity index (χ2n) is 9.49. The van der Waals surface area contributed by atoms with E-state index in [1.54, 1.807) is 0 Å². The monoisotopic (exact) mass is 440 g/mol. The highest BCUT2D eigenvalue weighted by molar-refractivity contribution is 6.00. The Morgan fingerprint density at radius 3 is 2.72 bits per heavy atom. The van der Waals surface area contributed by atoms with Gasteiger partial charge in [-0.25, -0.2) is 4.79 Å². The predicted octanol–water partition coefficient (Wildman–Crippen LogP) is 2.36. The van der Waals surface area contributed by atoms with E-state index in [-0.39, 0.29) is 30.5 Å². The lowest BCUT2D eigenvalue weighted by Crippen LogP contribution is -2.59. The van der Waals surface area contributed by atoms with E-state index in [4.69, 9.17) is 5.11 Å². The first-order valence-corrected chi connectivity index (χ1v) is 10.6. The zero-order valence-corrected chi connectivity index (χ0v) is 17.8. The number of nitrogens with one attached hydrogen (secondary N) is 1. The van der Waals surface area contributed by atoms with E-state index in [0.717, 1.165) is 24.1 Å². The largest absolute Gasteiger partial charge is 0.870 e. The molecule has 1 aromatic carbocycles. The number of benzene rings is 1. The molecule has 3 fully saturated rings. The van der Waals surface area contributed by atoms with Crippen molar-refractivity contribution >= 4 is 23.3 Å². The summed E-state index contributed by atoms with van der Waals surface area (Å²) in [6, 6.07) is 2.01. The maximum atomic E-state index is 13.0. The number of phenolic OH excluding ortho intramolecular Hbond substituents is 1. The van der Waals surface area contributed by atoms with Crippen LogP contribution in [-0.2, 0) is 9.59 Å². The number of aliphatic hydroxyl groups is 1. The van der Waals surface area contributed by atoms with Gasteiger partial charge in [0.2, 0.25) is 5.91 Å². The molecular weight excluding hydrogens is 414 g/mol. The van der Waals surface area contributed by atoms with E-state index in [0.29, 0.717) is 12.8 Å². The normalized spacial score (nSPS) is 33.1. The fraction of sp³-hybridized carbons (Fsp3) is 0.458. The van der Waals surface area contributed by atoms with Gasteiger partial charge >= 0.3 is 5.97 Å². The highest BCUT2D eigenvalue weighted by Gasteiger charge is 2.61. The zero-order valence-electron chi connectivity index (χ0n) is 17.8. The molecule has 0 radical (unpaired) electrons. The summed E-state index contributed by atoms with van der Waals surface area (Å²) in [5.41, 5.74) is -1.41. The summed E-state index contributed by atoms with van der Waals surface area (Å²) in [5, 5.41) is 44.4. The lowest BCUT2D eigenvalue weighted by Gasteiger charge is -2.61. The lowest BCUT2D eigenvalue weighted by atomic mass is 9.43. The zero-order chi connectivity index (χ0) is 23.4.